The van der Waals surface area contributed by atoms with E-state index in [4.69, 9.17) is 20.9 Å². The highest BCUT2D eigenvalue weighted by atomic mass is 19.4. The fraction of sp³-hybridized carbons (Fsp3) is 0.156. The van der Waals surface area contributed by atoms with Crippen LogP contribution in [-0.4, -0.2) is 65.1 Å². The molecule has 5 aromatic carbocycles. The molecule has 63 heavy (non-hydrogen) atoms. The van der Waals surface area contributed by atoms with E-state index < -0.39 is 67.2 Å². The van der Waals surface area contributed by atoms with Crippen molar-refractivity contribution >= 4 is 47.0 Å². The third-order valence-electron chi connectivity index (χ3n) is 8.80. The number of carbonyl (C=O) groups is 4. The van der Waals surface area contributed by atoms with Gasteiger partial charge < -0.3 is 40.6 Å². The number of anilines is 2. The van der Waals surface area contributed by atoms with Gasteiger partial charge in [-0.2, -0.15) is 26.3 Å². The molecule has 328 valence electrons. The lowest BCUT2D eigenvalue weighted by Gasteiger charge is -2.30. The Bertz CT molecular complexity index is 2470. The van der Waals surface area contributed by atoms with E-state index in [1.165, 1.54) is 127 Å². The summed E-state index contributed by atoms with van der Waals surface area (Å²) < 4.78 is 94.1. The number of carbonyl (C=O) groups excluding carboxylic acids is 4. The smallest absolute Gasteiger partial charge is 0.422 e. The summed E-state index contributed by atoms with van der Waals surface area (Å²) in [4.78, 5) is 51.9. The molecule has 5 rings (SSSR count). The lowest BCUT2D eigenvalue weighted by molar-refractivity contribution is -0.187. The van der Waals surface area contributed by atoms with Crippen LogP contribution in [0, 0.1) is 0 Å². The average Bonchev–Trinajstić information content (AvgIpc) is 3.23. The van der Waals surface area contributed by atoms with Crippen molar-refractivity contribution in [3.8, 4) is 23.0 Å². The molecule has 12 nitrogen and oxygen atoms in total. The highest BCUT2D eigenvalue weighted by Crippen LogP contribution is 2.36. The molecule has 0 aliphatic rings. The average molecular weight is 879 g/mol. The fourth-order valence-electron chi connectivity index (χ4n) is 5.64. The Morgan fingerprint density at radius 3 is 1.40 bits per heavy atom. The molecular weight excluding hydrogens is 842 g/mol. The van der Waals surface area contributed by atoms with E-state index >= 15 is 0 Å². The summed E-state index contributed by atoms with van der Waals surface area (Å²) in [6.07, 6.45) is -5.06. The summed E-state index contributed by atoms with van der Waals surface area (Å²) in [5, 5.41) is 22.6. The highest BCUT2D eigenvalue weighted by Gasteiger charge is 2.43. The third-order valence-corrected chi connectivity index (χ3v) is 8.80. The molecule has 0 fully saturated rings. The number of hydrogen-bond acceptors (Lipinski definition) is 12. The number of hydrogen-bond donors (Lipinski definition) is 4. The monoisotopic (exact) mass is 878 g/mol. The summed E-state index contributed by atoms with van der Waals surface area (Å²) in [6.45, 7) is -2.97. The Hall–Kier alpha value is -7.44. The maximum absolute atomic E-state index is 13.4. The normalized spacial score (nSPS) is 12.5. The standard InChI is InChI=1S/C45H36F6N2O10/c46-43(47,48)25-60-33-13-17-35(18-14-33)62-41(56)29-7-1-27(2-8-29)5-12-32(54)24-38(37-21-11-31(52)23-39(37)53)45(58,59)40(55)22-6-28-3-9-30(10-4-28)42(57)63-36-19-15-34(16-20-36)61-26-44(49,50)51/h1-23,38,58-59H,24-26,52-53H2. The maximum Gasteiger partial charge on any atom is 0.422 e. The van der Waals surface area contributed by atoms with E-state index in [1.807, 2.05) is 0 Å². The van der Waals surface area contributed by atoms with Gasteiger partial charge in [0.1, 0.15) is 23.0 Å². The quantitative estimate of drug-likeness (QED) is 0.0176. The van der Waals surface area contributed by atoms with E-state index in [0.29, 0.717) is 11.1 Å². The predicted molar refractivity (Wildman–Crippen MR) is 217 cm³/mol. The van der Waals surface area contributed by atoms with Crippen molar-refractivity contribution in [1.82, 2.24) is 0 Å². The number of allylic oxidation sites excluding steroid dienone is 1. The van der Waals surface area contributed by atoms with Crippen LogP contribution in [0.5, 0.6) is 23.0 Å². The lowest BCUT2D eigenvalue weighted by Crippen LogP contribution is -2.44. The Labute approximate surface area is 354 Å². The van der Waals surface area contributed by atoms with Gasteiger partial charge in [0.25, 0.3) is 0 Å². The molecule has 0 saturated heterocycles. The molecule has 1 unspecified atom stereocenters. The van der Waals surface area contributed by atoms with Crippen LogP contribution >= 0.6 is 0 Å². The molecule has 1 atom stereocenters. The van der Waals surface area contributed by atoms with Gasteiger partial charge in [0.2, 0.25) is 11.6 Å². The van der Waals surface area contributed by atoms with Gasteiger partial charge in [-0.05, 0) is 114 Å². The van der Waals surface area contributed by atoms with Gasteiger partial charge in [-0.15, -0.1) is 0 Å². The van der Waals surface area contributed by atoms with Gasteiger partial charge in [0.05, 0.1) is 17.0 Å². The SMILES string of the molecule is Nc1ccc(C(CC(=O)C=Cc2ccc(C(=O)Oc3ccc(OCC(F)(F)F)cc3)cc2)C(O)(O)C(=O)C=Cc2ccc(C(=O)Oc3ccc(OCC(F)(F)F)cc3)cc2)c(N)c1. The predicted octanol–water partition coefficient (Wildman–Crippen LogP) is 7.89. The maximum atomic E-state index is 13.4. The van der Waals surface area contributed by atoms with Gasteiger partial charge in [-0.1, -0.05) is 42.5 Å². The Morgan fingerprint density at radius 1 is 0.571 bits per heavy atom. The zero-order chi connectivity index (χ0) is 46.0. The van der Waals surface area contributed by atoms with Crippen molar-refractivity contribution in [3.63, 3.8) is 0 Å². The van der Waals surface area contributed by atoms with E-state index in [9.17, 15) is 55.7 Å². The van der Waals surface area contributed by atoms with E-state index in [1.54, 1.807) is 0 Å². The van der Waals surface area contributed by atoms with Crippen molar-refractivity contribution in [3.05, 3.63) is 155 Å². The Kier molecular flexibility index (Phi) is 14.8. The summed E-state index contributed by atoms with van der Waals surface area (Å²) in [5.74, 6) is -8.32. The molecule has 18 heteroatoms. The largest absolute Gasteiger partial charge is 0.484 e. The molecule has 5 aromatic rings. The topological polar surface area (TPSA) is 198 Å². The minimum absolute atomic E-state index is 0.0255. The summed E-state index contributed by atoms with van der Waals surface area (Å²) >= 11 is 0. The molecule has 0 amide bonds. The van der Waals surface area contributed by atoms with E-state index in [-0.39, 0.29) is 51.1 Å². The fourth-order valence-corrected chi connectivity index (χ4v) is 5.64. The number of nitrogen functional groups attached to an aromatic ring is 2. The van der Waals surface area contributed by atoms with Gasteiger partial charge in [0.15, 0.2) is 19.0 Å². The van der Waals surface area contributed by atoms with Crippen LogP contribution in [0.2, 0.25) is 0 Å². The number of alkyl halides is 6. The zero-order valence-corrected chi connectivity index (χ0v) is 32.6. The van der Waals surface area contributed by atoms with Crippen molar-refractivity contribution in [2.75, 3.05) is 24.7 Å². The second-order valence-electron chi connectivity index (χ2n) is 13.6. The van der Waals surface area contributed by atoms with Gasteiger partial charge in [0, 0.05) is 17.8 Å². The summed E-state index contributed by atoms with van der Waals surface area (Å²) in [6, 6.07) is 25.2. The molecular formula is C45H36F6N2O10. The molecule has 0 spiro atoms. The number of ether oxygens (including phenoxy) is 4. The van der Waals surface area contributed by atoms with Gasteiger partial charge in [-0.25, -0.2) is 9.59 Å². The zero-order valence-electron chi connectivity index (χ0n) is 32.6. The molecule has 0 aliphatic carbocycles. The van der Waals surface area contributed by atoms with E-state index in [2.05, 4.69) is 9.47 Å². The first-order valence-corrected chi connectivity index (χ1v) is 18.4. The van der Waals surface area contributed by atoms with Crippen LogP contribution in [0.4, 0.5) is 37.7 Å². The van der Waals surface area contributed by atoms with Crippen LogP contribution in [0.3, 0.4) is 0 Å². The third kappa shape index (κ3) is 14.1. The Balaban J connectivity index is 1.21. The van der Waals surface area contributed by atoms with Crippen molar-refractivity contribution in [1.29, 1.82) is 0 Å². The summed E-state index contributed by atoms with van der Waals surface area (Å²) in [7, 11) is 0. The molecule has 0 heterocycles. The first-order chi connectivity index (χ1) is 29.6. The van der Waals surface area contributed by atoms with Crippen molar-refractivity contribution in [2.24, 2.45) is 0 Å². The first-order valence-electron chi connectivity index (χ1n) is 18.4. The number of halogens is 6. The van der Waals surface area contributed by atoms with Crippen LogP contribution < -0.4 is 30.4 Å². The first kappa shape index (κ1) is 46.6. The highest BCUT2D eigenvalue weighted by molar-refractivity contribution is 6.01. The number of ketones is 2. The van der Waals surface area contributed by atoms with Gasteiger partial charge >= 0.3 is 24.3 Å². The second-order valence-corrected chi connectivity index (χ2v) is 13.6. The van der Waals surface area contributed by atoms with Crippen molar-refractivity contribution < 1.29 is 74.7 Å². The molecule has 0 saturated carbocycles. The van der Waals surface area contributed by atoms with Crippen LogP contribution in [0.15, 0.2) is 127 Å². The number of rotatable bonds is 17. The molecule has 0 aromatic heterocycles. The van der Waals surface area contributed by atoms with Crippen LogP contribution in [-0.2, 0) is 9.59 Å². The lowest BCUT2D eigenvalue weighted by atomic mass is 9.82. The molecule has 0 radical (unpaired) electrons. The van der Waals surface area contributed by atoms with Crippen LogP contribution in [0.1, 0.15) is 49.7 Å². The van der Waals surface area contributed by atoms with Gasteiger partial charge in [-0.3, -0.25) is 9.59 Å². The number of aliphatic hydroxyl groups is 2. The Morgan fingerprint density at radius 2 is 0.984 bits per heavy atom. The number of nitrogens with two attached hydrogens (primary N) is 2. The molecule has 6 N–H and O–H groups in total. The molecule has 0 aliphatic heterocycles. The molecule has 0 bridgehead atoms. The number of esters is 2. The second kappa shape index (κ2) is 20.0. The number of benzene rings is 5. The summed E-state index contributed by atoms with van der Waals surface area (Å²) in [5.41, 5.74) is 13.2. The van der Waals surface area contributed by atoms with Crippen LogP contribution in [0.25, 0.3) is 12.2 Å². The minimum atomic E-state index is -4.52. The minimum Gasteiger partial charge on any atom is -0.484 e. The van der Waals surface area contributed by atoms with Crippen molar-refractivity contribution in [2.45, 2.75) is 30.5 Å². The van der Waals surface area contributed by atoms with E-state index in [0.717, 1.165) is 12.2 Å².